The second-order valence-corrected chi connectivity index (χ2v) is 6.53. The summed E-state index contributed by atoms with van der Waals surface area (Å²) < 4.78 is 5.40. The van der Waals surface area contributed by atoms with Crippen molar-refractivity contribution in [3.05, 3.63) is 24.3 Å². The van der Waals surface area contributed by atoms with Crippen LogP contribution in [0.15, 0.2) is 29.3 Å². The van der Waals surface area contributed by atoms with Crippen molar-refractivity contribution >= 4 is 17.6 Å². The molecule has 26 heavy (non-hydrogen) atoms. The summed E-state index contributed by atoms with van der Waals surface area (Å²) >= 11 is 0. The molecule has 0 bridgehead atoms. The summed E-state index contributed by atoms with van der Waals surface area (Å²) in [6.45, 7) is 5.43. The van der Waals surface area contributed by atoms with Gasteiger partial charge in [-0.25, -0.2) is 4.99 Å². The molecule has 1 aromatic rings. The first kappa shape index (κ1) is 20.0. The van der Waals surface area contributed by atoms with E-state index in [0.717, 1.165) is 51.5 Å². The van der Waals surface area contributed by atoms with Gasteiger partial charge in [0.25, 0.3) is 0 Å². The van der Waals surface area contributed by atoms with Crippen LogP contribution < -0.4 is 10.6 Å². The first-order valence-corrected chi connectivity index (χ1v) is 9.24. The highest BCUT2D eigenvalue weighted by molar-refractivity contribution is 5.94. The molecular weight excluding hydrogens is 332 g/mol. The number of guanidine groups is 1. The largest absolute Gasteiger partial charge is 0.508 e. The maximum atomic E-state index is 12.1. The van der Waals surface area contributed by atoms with E-state index in [0.29, 0.717) is 11.6 Å². The Hall–Kier alpha value is -2.28. The molecule has 1 heterocycles. The van der Waals surface area contributed by atoms with Crippen LogP contribution in [0.5, 0.6) is 5.75 Å². The van der Waals surface area contributed by atoms with Crippen LogP contribution in [0.2, 0.25) is 0 Å². The number of nitrogens with zero attached hydrogens (tertiary/aromatic N) is 2. The topological polar surface area (TPSA) is 86.2 Å². The van der Waals surface area contributed by atoms with Crippen LogP contribution in [0.1, 0.15) is 26.2 Å². The zero-order chi connectivity index (χ0) is 18.8. The Morgan fingerprint density at radius 3 is 2.65 bits per heavy atom. The number of amides is 1. The summed E-state index contributed by atoms with van der Waals surface area (Å²) in [5.74, 6) is 1.41. The smallest absolute Gasteiger partial charge is 0.246 e. The maximum Gasteiger partial charge on any atom is 0.246 e. The molecule has 2 rings (SSSR count). The molecule has 0 saturated carbocycles. The summed E-state index contributed by atoms with van der Waals surface area (Å²) in [4.78, 5) is 18.6. The third kappa shape index (κ3) is 6.92. The second kappa shape index (κ2) is 10.7. The van der Waals surface area contributed by atoms with E-state index >= 15 is 0 Å². The highest BCUT2D eigenvalue weighted by Gasteiger charge is 2.15. The fourth-order valence-corrected chi connectivity index (χ4v) is 2.88. The van der Waals surface area contributed by atoms with Gasteiger partial charge in [0.05, 0.1) is 0 Å². The Morgan fingerprint density at radius 2 is 2.00 bits per heavy atom. The van der Waals surface area contributed by atoms with Crippen molar-refractivity contribution in [2.45, 2.75) is 26.2 Å². The Labute approximate surface area is 155 Å². The fourth-order valence-electron chi connectivity index (χ4n) is 2.88. The lowest BCUT2D eigenvalue weighted by Crippen LogP contribution is -2.40. The predicted molar refractivity (Wildman–Crippen MR) is 104 cm³/mol. The number of hydrogen-bond acceptors (Lipinski definition) is 4. The lowest BCUT2D eigenvalue weighted by atomic mass is 9.96. The van der Waals surface area contributed by atoms with Gasteiger partial charge in [0.2, 0.25) is 5.91 Å². The first-order chi connectivity index (χ1) is 12.6. The number of aromatic hydroxyl groups is 1. The Balaban J connectivity index is 1.83. The van der Waals surface area contributed by atoms with Gasteiger partial charge < -0.3 is 25.4 Å². The minimum Gasteiger partial charge on any atom is -0.508 e. The van der Waals surface area contributed by atoms with Gasteiger partial charge in [0.15, 0.2) is 5.96 Å². The average Bonchev–Trinajstić information content (AvgIpc) is 2.66. The van der Waals surface area contributed by atoms with Gasteiger partial charge in [-0.05, 0) is 56.4 Å². The molecule has 0 spiro atoms. The quantitative estimate of drug-likeness (QED) is 0.393. The van der Waals surface area contributed by atoms with Gasteiger partial charge in [0, 0.05) is 39.0 Å². The summed E-state index contributed by atoms with van der Waals surface area (Å²) in [7, 11) is 2.00. The van der Waals surface area contributed by atoms with Crippen LogP contribution in [0.25, 0.3) is 0 Å². The summed E-state index contributed by atoms with van der Waals surface area (Å²) in [6, 6.07) is 6.38. The molecule has 7 heteroatoms. The molecule has 7 nitrogen and oxygen atoms in total. The SMILES string of the molecule is CCNC(=NCC(=O)Nc1ccc(O)cc1)N(C)CCC1CCOCC1. The molecule has 1 aliphatic heterocycles. The number of hydrogen-bond donors (Lipinski definition) is 3. The van der Waals surface area contributed by atoms with Crippen LogP contribution >= 0.6 is 0 Å². The van der Waals surface area contributed by atoms with Crippen molar-refractivity contribution in [3.8, 4) is 5.75 Å². The standard InChI is InChI=1S/C19H30N4O3/c1-3-20-19(23(2)11-8-15-9-12-26-13-10-15)21-14-18(25)22-16-4-6-17(24)7-5-16/h4-7,15,24H,3,8-14H2,1-2H3,(H,20,21)(H,22,25). The minimum atomic E-state index is -0.191. The number of phenols is 1. The fraction of sp³-hybridized carbons (Fsp3) is 0.579. The van der Waals surface area contributed by atoms with Crippen molar-refractivity contribution < 1.29 is 14.6 Å². The third-order valence-corrected chi connectivity index (χ3v) is 4.43. The molecule has 1 aromatic carbocycles. The molecule has 0 aliphatic carbocycles. The van der Waals surface area contributed by atoms with Crippen LogP contribution in [-0.4, -0.2) is 61.8 Å². The number of ether oxygens (including phenoxy) is 1. The van der Waals surface area contributed by atoms with Crippen molar-refractivity contribution in [1.82, 2.24) is 10.2 Å². The van der Waals surface area contributed by atoms with Gasteiger partial charge in [0.1, 0.15) is 12.3 Å². The number of rotatable bonds is 7. The Kier molecular flexibility index (Phi) is 8.21. The van der Waals surface area contributed by atoms with E-state index in [2.05, 4.69) is 20.5 Å². The summed E-state index contributed by atoms with van der Waals surface area (Å²) in [5.41, 5.74) is 0.640. The highest BCUT2D eigenvalue weighted by atomic mass is 16.5. The lowest BCUT2D eigenvalue weighted by Gasteiger charge is -2.26. The maximum absolute atomic E-state index is 12.1. The van der Waals surface area contributed by atoms with Crippen LogP contribution in [0.4, 0.5) is 5.69 Å². The second-order valence-electron chi connectivity index (χ2n) is 6.53. The normalized spacial score (nSPS) is 15.5. The van der Waals surface area contributed by atoms with Crippen molar-refractivity contribution in [2.75, 3.05) is 45.2 Å². The number of aliphatic imine (C=N–C) groups is 1. The van der Waals surface area contributed by atoms with Crippen molar-refractivity contribution in [3.63, 3.8) is 0 Å². The summed E-state index contributed by atoms with van der Waals surface area (Å²) in [6.07, 6.45) is 3.34. The van der Waals surface area contributed by atoms with Crippen LogP contribution in [-0.2, 0) is 9.53 Å². The highest BCUT2D eigenvalue weighted by Crippen LogP contribution is 2.18. The first-order valence-electron chi connectivity index (χ1n) is 9.24. The monoisotopic (exact) mass is 362 g/mol. The van der Waals surface area contributed by atoms with E-state index in [9.17, 15) is 9.90 Å². The molecule has 0 aromatic heterocycles. The van der Waals surface area contributed by atoms with E-state index in [4.69, 9.17) is 4.74 Å². The predicted octanol–water partition coefficient (Wildman–Crippen LogP) is 2.04. The average molecular weight is 362 g/mol. The van der Waals surface area contributed by atoms with Gasteiger partial charge in [-0.1, -0.05) is 0 Å². The zero-order valence-electron chi connectivity index (χ0n) is 15.7. The molecular formula is C19H30N4O3. The van der Waals surface area contributed by atoms with Gasteiger partial charge >= 0.3 is 0 Å². The van der Waals surface area contributed by atoms with Gasteiger partial charge in [-0.2, -0.15) is 0 Å². The summed E-state index contributed by atoms with van der Waals surface area (Å²) in [5, 5.41) is 15.3. The molecule has 1 saturated heterocycles. The van der Waals surface area contributed by atoms with E-state index < -0.39 is 0 Å². The van der Waals surface area contributed by atoms with E-state index in [1.807, 2.05) is 14.0 Å². The molecule has 144 valence electrons. The van der Waals surface area contributed by atoms with Crippen molar-refractivity contribution in [2.24, 2.45) is 10.9 Å². The lowest BCUT2D eigenvalue weighted by molar-refractivity contribution is -0.114. The Morgan fingerprint density at radius 1 is 1.31 bits per heavy atom. The Bertz CT molecular complexity index is 583. The molecule has 1 fully saturated rings. The van der Waals surface area contributed by atoms with Gasteiger partial charge in [-0.15, -0.1) is 0 Å². The third-order valence-electron chi connectivity index (χ3n) is 4.43. The van der Waals surface area contributed by atoms with E-state index in [1.165, 1.54) is 12.1 Å². The minimum absolute atomic E-state index is 0.0464. The van der Waals surface area contributed by atoms with E-state index in [1.54, 1.807) is 12.1 Å². The number of nitrogens with one attached hydrogen (secondary N) is 2. The molecule has 0 atom stereocenters. The molecule has 1 amide bonds. The number of benzene rings is 1. The molecule has 0 unspecified atom stereocenters. The molecule has 3 N–H and O–H groups in total. The number of anilines is 1. The van der Waals surface area contributed by atoms with Crippen LogP contribution in [0.3, 0.4) is 0 Å². The number of carbonyl (C=O) groups excluding carboxylic acids is 1. The molecule has 1 aliphatic rings. The van der Waals surface area contributed by atoms with Gasteiger partial charge in [-0.3, -0.25) is 4.79 Å². The number of phenolic OH excluding ortho intramolecular Hbond substituents is 1. The van der Waals surface area contributed by atoms with Crippen molar-refractivity contribution in [1.29, 1.82) is 0 Å². The van der Waals surface area contributed by atoms with Crippen LogP contribution in [0, 0.1) is 5.92 Å². The zero-order valence-corrected chi connectivity index (χ0v) is 15.7. The number of carbonyl (C=O) groups is 1. The molecule has 0 radical (unpaired) electrons. The van der Waals surface area contributed by atoms with E-state index in [-0.39, 0.29) is 18.2 Å².